The monoisotopic (exact) mass is 192 g/mol. The van der Waals surface area contributed by atoms with Crippen LogP contribution < -0.4 is 0 Å². The first-order chi connectivity index (χ1) is 6.69. The van der Waals surface area contributed by atoms with E-state index in [1.165, 1.54) is 5.56 Å². The molecule has 1 heteroatoms. The summed E-state index contributed by atoms with van der Waals surface area (Å²) >= 11 is 0. The molecule has 78 valence electrons. The molecule has 0 aliphatic heterocycles. The first-order valence-corrected chi connectivity index (χ1v) is 5.38. The Balaban J connectivity index is 2.92. The number of aliphatic hydroxyl groups is 1. The van der Waals surface area contributed by atoms with E-state index in [9.17, 15) is 0 Å². The summed E-state index contributed by atoms with van der Waals surface area (Å²) in [5.41, 5.74) is 2.37. The van der Waals surface area contributed by atoms with Crippen LogP contribution in [0.15, 0.2) is 24.3 Å². The maximum Gasteiger partial charge on any atom is 0.0681 e. The van der Waals surface area contributed by atoms with E-state index in [2.05, 4.69) is 32.9 Å². The molecule has 14 heavy (non-hydrogen) atoms. The summed E-state index contributed by atoms with van der Waals surface area (Å²) in [5.74, 6) is 1.27. The van der Waals surface area contributed by atoms with Crippen LogP contribution in [0.5, 0.6) is 0 Å². The molecule has 1 N–H and O–H groups in total. The number of benzene rings is 1. The molecule has 0 bridgehead atoms. The maximum atomic E-state index is 9.06. The lowest BCUT2D eigenvalue weighted by atomic mass is 9.86. The molecule has 1 aromatic carbocycles. The van der Waals surface area contributed by atoms with Gasteiger partial charge in [0.25, 0.3) is 0 Å². The largest absolute Gasteiger partial charge is 0.392 e. The molecule has 0 saturated carbocycles. The number of rotatable bonds is 4. The van der Waals surface area contributed by atoms with Crippen LogP contribution in [0.25, 0.3) is 0 Å². The summed E-state index contributed by atoms with van der Waals surface area (Å²) in [5, 5.41) is 9.06. The van der Waals surface area contributed by atoms with Gasteiger partial charge in [0.2, 0.25) is 0 Å². The van der Waals surface area contributed by atoms with E-state index in [-0.39, 0.29) is 6.61 Å². The van der Waals surface area contributed by atoms with Gasteiger partial charge in [-0.05, 0) is 29.4 Å². The van der Waals surface area contributed by atoms with E-state index < -0.39 is 0 Å². The highest BCUT2D eigenvalue weighted by molar-refractivity contribution is 5.26. The normalized spacial score (nSPS) is 13.2. The minimum atomic E-state index is 0.141. The van der Waals surface area contributed by atoms with Crippen molar-refractivity contribution in [2.24, 2.45) is 5.92 Å². The third kappa shape index (κ3) is 2.58. The Hall–Kier alpha value is -0.820. The highest BCUT2D eigenvalue weighted by Gasteiger charge is 2.13. The fraction of sp³-hybridized carbons (Fsp3) is 0.538. The summed E-state index contributed by atoms with van der Waals surface area (Å²) in [6.45, 7) is 6.86. The van der Waals surface area contributed by atoms with Crippen LogP contribution in [0.1, 0.15) is 44.2 Å². The molecule has 0 unspecified atom stereocenters. The zero-order valence-electron chi connectivity index (χ0n) is 9.33. The van der Waals surface area contributed by atoms with Crippen LogP contribution >= 0.6 is 0 Å². The van der Waals surface area contributed by atoms with Gasteiger partial charge >= 0.3 is 0 Å². The van der Waals surface area contributed by atoms with Crippen LogP contribution in [0, 0.1) is 5.92 Å². The third-order valence-electron chi connectivity index (χ3n) is 2.81. The lowest BCUT2D eigenvalue weighted by Crippen LogP contribution is -2.05. The Bertz CT molecular complexity index is 278. The van der Waals surface area contributed by atoms with Crippen molar-refractivity contribution < 1.29 is 5.11 Å². The van der Waals surface area contributed by atoms with Gasteiger partial charge in [-0.1, -0.05) is 45.0 Å². The molecule has 1 aromatic rings. The first kappa shape index (κ1) is 11.3. The van der Waals surface area contributed by atoms with Crippen molar-refractivity contribution in [3.8, 4) is 0 Å². The van der Waals surface area contributed by atoms with Crippen molar-refractivity contribution in [3.05, 3.63) is 35.4 Å². The minimum absolute atomic E-state index is 0.141. The van der Waals surface area contributed by atoms with Crippen LogP contribution in [-0.2, 0) is 6.61 Å². The summed E-state index contributed by atoms with van der Waals surface area (Å²) < 4.78 is 0. The van der Waals surface area contributed by atoms with Gasteiger partial charge in [-0.2, -0.15) is 0 Å². The Kier molecular flexibility index (Phi) is 4.15. The van der Waals surface area contributed by atoms with Gasteiger partial charge in [0.05, 0.1) is 6.61 Å². The second kappa shape index (κ2) is 5.16. The molecule has 0 saturated heterocycles. The van der Waals surface area contributed by atoms with Crippen molar-refractivity contribution in [3.63, 3.8) is 0 Å². The fourth-order valence-corrected chi connectivity index (χ4v) is 2.01. The molecule has 1 atom stereocenters. The van der Waals surface area contributed by atoms with Crippen LogP contribution in [-0.4, -0.2) is 5.11 Å². The Morgan fingerprint density at radius 3 is 2.50 bits per heavy atom. The van der Waals surface area contributed by atoms with Gasteiger partial charge in [-0.25, -0.2) is 0 Å². The van der Waals surface area contributed by atoms with Crippen molar-refractivity contribution in [2.45, 2.75) is 39.7 Å². The van der Waals surface area contributed by atoms with E-state index in [1.54, 1.807) is 0 Å². The van der Waals surface area contributed by atoms with Crippen molar-refractivity contribution >= 4 is 0 Å². The molecule has 0 aromatic heterocycles. The van der Waals surface area contributed by atoms with E-state index in [1.807, 2.05) is 12.1 Å². The number of aliphatic hydroxyl groups excluding tert-OH is 1. The smallest absolute Gasteiger partial charge is 0.0681 e. The molecule has 1 nitrogen and oxygen atoms in total. The topological polar surface area (TPSA) is 20.2 Å². The van der Waals surface area contributed by atoms with Gasteiger partial charge in [-0.3, -0.25) is 0 Å². The predicted octanol–water partition coefficient (Wildman–Crippen LogP) is 3.33. The van der Waals surface area contributed by atoms with Crippen molar-refractivity contribution in [1.82, 2.24) is 0 Å². The van der Waals surface area contributed by atoms with Gasteiger partial charge in [-0.15, -0.1) is 0 Å². The molecular formula is C13H20O. The lowest BCUT2D eigenvalue weighted by molar-refractivity contribution is 0.281. The quantitative estimate of drug-likeness (QED) is 0.775. The number of hydrogen-bond acceptors (Lipinski definition) is 1. The summed E-state index contributed by atoms with van der Waals surface area (Å²) in [6.07, 6.45) is 1.16. The van der Waals surface area contributed by atoms with Gasteiger partial charge in [0.15, 0.2) is 0 Å². The summed E-state index contributed by atoms with van der Waals surface area (Å²) in [4.78, 5) is 0. The van der Waals surface area contributed by atoms with Crippen molar-refractivity contribution in [1.29, 1.82) is 0 Å². The molecular weight excluding hydrogens is 172 g/mol. The van der Waals surface area contributed by atoms with Crippen LogP contribution in [0.4, 0.5) is 0 Å². The highest BCUT2D eigenvalue weighted by atomic mass is 16.3. The molecule has 0 aliphatic carbocycles. The molecule has 0 spiro atoms. The average molecular weight is 192 g/mol. The van der Waals surface area contributed by atoms with Gasteiger partial charge in [0.1, 0.15) is 0 Å². The molecule has 0 radical (unpaired) electrons. The lowest BCUT2D eigenvalue weighted by Gasteiger charge is -2.19. The van der Waals surface area contributed by atoms with E-state index in [4.69, 9.17) is 5.11 Å². The standard InChI is InChI=1S/C13H20O/c1-4-13(10(2)3)12-7-5-6-11(8-12)9-14/h5-8,10,13-14H,4,9H2,1-3H3/t13-/m1/s1. The van der Waals surface area contributed by atoms with Crippen molar-refractivity contribution in [2.75, 3.05) is 0 Å². The van der Waals surface area contributed by atoms with Crippen LogP contribution in [0.3, 0.4) is 0 Å². The average Bonchev–Trinajstić information content (AvgIpc) is 2.19. The fourth-order valence-electron chi connectivity index (χ4n) is 2.01. The first-order valence-electron chi connectivity index (χ1n) is 5.38. The Morgan fingerprint density at radius 2 is 2.00 bits per heavy atom. The molecule has 0 aliphatic rings. The van der Waals surface area contributed by atoms with Gasteiger partial charge < -0.3 is 5.11 Å². The third-order valence-corrected chi connectivity index (χ3v) is 2.81. The molecule has 0 fully saturated rings. The Labute approximate surface area is 86.8 Å². The summed E-state index contributed by atoms with van der Waals surface area (Å²) in [6, 6.07) is 8.28. The van der Waals surface area contributed by atoms with Crippen LogP contribution in [0.2, 0.25) is 0 Å². The van der Waals surface area contributed by atoms with E-state index in [0.717, 1.165) is 12.0 Å². The second-order valence-corrected chi connectivity index (χ2v) is 4.16. The van der Waals surface area contributed by atoms with E-state index in [0.29, 0.717) is 11.8 Å². The molecule has 0 amide bonds. The minimum Gasteiger partial charge on any atom is -0.392 e. The maximum absolute atomic E-state index is 9.06. The highest BCUT2D eigenvalue weighted by Crippen LogP contribution is 2.27. The predicted molar refractivity (Wildman–Crippen MR) is 60.2 cm³/mol. The summed E-state index contributed by atoms with van der Waals surface area (Å²) in [7, 11) is 0. The SMILES string of the molecule is CC[C@@H](c1cccc(CO)c1)C(C)C. The zero-order chi connectivity index (χ0) is 10.6. The molecule has 0 heterocycles. The zero-order valence-corrected chi connectivity index (χ0v) is 9.33. The van der Waals surface area contributed by atoms with Gasteiger partial charge in [0, 0.05) is 0 Å². The Morgan fingerprint density at radius 1 is 1.29 bits per heavy atom. The second-order valence-electron chi connectivity index (χ2n) is 4.16. The van der Waals surface area contributed by atoms with E-state index >= 15 is 0 Å². The number of hydrogen-bond donors (Lipinski definition) is 1. The molecule has 1 rings (SSSR count).